The molecule has 1 saturated heterocycles. The molecular weight excluding hydrogens is 216 g/mol. The van der Waals surface area contributed by atoms with E-state index in [0.29, 0.717) is 25.7 Å². The Morgan fingerprint density at radius 3 is 2.87 bits per heavy atom. The van der Waals surface area contributed by atoms with E-state index in [2.05, 4.69) is 5.32 Å². The highest BCUT2D eigenvalue weighted by atomic mass is 35.5. The molecule has 1 aliphatic rings. The van der Waals surface area contributed by atoms with Gasteiger partial charge in [-0.25, -0.2) is 0 Å². The third-order valence-electron chi connectivity index (χ3n) is 2.61. The minimum Gasteiger partial charge on any atom is -0.381 e. The Bertz CT molecular complexity index is 190. The average molecular weight is 237 g/mol. The van der Waals surface area contributed by atoms with Crippen molar-refractivity contribution < 1.29 is 9.53 Å². The number of carbonyl (C=O) groups excluding carboxylic acids is 1. The van der Waals surface area contributed by atoms with E-state index in [-0.39, 0.29) is 18.3 Å². The molecule has 0 aliphatic carbocycles. The lowest BCUT2D eigenvalue weighted by molar-refractivity contribution is -0.131. The normalized spacial score (nSPS) is 20.1. The highest BCUT2D eigenvalue weighted by Gasteiger charge is 2.24. The van der Waals surface area contributed by atoms with Crippen molar-refractivity contribution in [3.05, 3.63) is 0 Å². The van der Waals surface area contributed by atoms with Gasteiger partial charge in [0, 0.05) is 25.7 Å². The first-order valence-corrected chi connectivity index (χ1v) is 5.30. The van der Waals surface area contributed by atoms with E-state index in [1.165, 1.54) is 0 Å². The molecule has 0 bridgehead atoms. The number of likely N-dealkylation sites (N-methyl/N-ethyl adjacent to an activating group) is 1. The van der Waals surface area contributed by atoms with Crippen LogP contribution in [0.2, 0.25) is 0 Å². The van der Waals surface area contributed by atoms with Gasteiger partial charge in [0.25, 0.3) is 0 Å². The number of amides is 1. The van der Waals surface area contributed by atoms with Gasteiger partial charge in [-0.15, -0.1) is 12.4 Å². The molecule has 90 valence electrons. The lowest BCUT2D eigenvalue weighted by atomic mass is 10.3. The molecule has 1 aliphatic heterocycles. The van der Waals surface area contributed by atoms with E-state index in [0.717, 1.165) is 19.5 Å². The van der Waals surface area contributed by atoms with Crippen molar-refractivity contribution >= 4 is 18.3 Å². The summed E-state index contributed by atoms with van der Waals surface area (Å²) in [5.74, 6) is 0.219. The second kappa shape index (κ2) is 7.91. The van der Waals surface area contributed by atoms with Crippen molar-refractivity contribution in [1.82, 2.24) is 10.2 Å². The van der Waals surface area contributed by atoms with Crippen molar-refractivity contribution in [2.75, 3.05) is 33.4 Å². The first-order chi connectivity index (χ1) is 6.77. The first kappa shape index (κ1) is 14.7. The number of hydrogen-bond acceptors (Lipinski definition) is 3. The van der Waals surface area contributed by atoms with Gasteiger partial charge in [-0.3, -0.25) is 4.79 Å². The Labute approximate surface area is 97.8 Å². The molecular formula is C10H21ClN2O2. The molecule has 0 aromatic rings. The minimum atomic E-state index is 0. The summed E-state index contributed by atoms with van der Waals surface area (Å²) >= 11 is 0. The van der Waals surface area contributed by atoms with E-state index >= 15 is 0 Å². The Kier molecular flexibility index (Phi) is 7.74. The number of rotatable bonds is 5. The smallest absolute Gasteiger partial charge is 0.224 e. The minimum absolute atomic E-state index is 0. The standard InChI is InChI=1S/C10H20N2O2.ClH/c1-3-14-7-5-10(13)12-6-4-9(8-12)11-2;/h9,11H,3-8H2,1-2H3;1H. The van der Waals surface area contributed by atoms with Gasteiger partial charge >= 0.3 is 0 Å². The van der Waals surface area contributed by atoms with Crippen molar-refractivity contribution in [2.24, 2.45) is 0 Å². The molecule has 0 radical (unpaired) electrons. The van der Waals surface area contributed by atoms with Crippen molar-refractivity contribution in [3.63, 3.8) is 0 Å². The number of halogens is 1. The molecule has 5 heteroatoms. The first-order valence-electron chi connectivity index (χ1n) is 5.30. The molecule has 0 saturated carbocycles. The van der Waals surface area contributed by atoms with Crippen molar-refractivity contribution in [1.29, 1.82) is 0 Å². The number of nitrogens with zero attached hydrogens (tertiary/aromatic N) is 1. The molecule has 1 atom stereocenters. The van der Waals surface area contributed by atoms with E-state index < -0.39 is 0 Å². The lowest BCUT2D eigenvalue weighted by Crippen LogP contribution is -2.33. The zero-order chi connectivity index (χ0) is 10.4. The second-order valence-electron chi connectivity index (χ2n) is 3.56. The van der Waals surface area contributed by atoms with Crippen LogP contribution in [0.25, 0.3) is 0 Å². The van der Waals surface area contributed by atoms with E-state index in [1.54, 1.807) is 0 Å². The van der Waals surface area contributed by atoms with Crippen LogP contribution in [0.1, 0.15) is 19.8 Å². The van der Waals surface area contributed by atoms with Gasteiger partial charge in [-0.2, -0.15) is 0 Å². The molecule has 0 spiro atoms. The van der Waals surface area contributed by atoms with Gasteiger partial charge in [0.1, 0.15) is 0 Å². The SMILES string of the molecule is CCOCCC(=O)N1CCC(NC)C1.Cl. The van der Waals surface area contributed by atoms with E-state index in [9.17, 15) is 4.79 Å². The highest BCUT2D eigenvalue weighted by Crippen LogP contribution is 2.09. The fraction of sp³-hybridized carbons (Fsp3) is 0.900. The quantitative estimate of drug-likeness (QED) is 0.713. The summed E-state index contributed by atoms with van der Waals surface area (Å²) in [5, 5.41) is 3.19. The van der Waals surface area contributed by atoms with Gasteiger partial charge in [0.15, 0.2) is 0 Å². The third kappa shape index (κ3) is 4.82. The van der Waals surface area contributed by atoms with E-state index in [4.69, 9.17) is 4.74 Å². The van der Waals surface area contributed by atoms with Crippen molar-refractivity contribution in [3.8, 4) is 0 Å². The molecule has 1 heterocycles. The van der Waals surface area contributed by atoms with Gasteiger partial charge in [0.2, 0.25) is 5.91 Å². The van der Waals surface area contributed by atoms with Crippen LogP contribution >= 0.6 is 12.4 Å². The summed E-state index contributed by atoms with van der Waals surface area (Å²) < 4.78 is 5.15. The fourth-order valence-electron chi connectivity index (χ4n) is 1.68. The molecule has 15 heavy (non-hydrogen) atoms. The molecule has 1 N–H and O–H groups in total. The summed E-state index contributed by atoms with van der Waals surface area (Å²) in [5.41, 5.74) is 0. The number of likely N-dealkylation sites (tertiary alicyclic amines) is 1. The van der Waals surface area contributed by atoms with Crippen molar-refractivity contribution in [2.45, 2.75) is 25.8 Å². The number of ether oxygens (including phenoxy) is 1. The predicted molar refractivity (Wildman–Crippen MR) is 62.4 cm³/mol. The number of nitrogens with one attached hydrogen (secondary N) is 1. The molecule has 0 aromatic heterocycles. The maximum atomic E-state index is 11.6. The Morgan fingerprint density at radius 1 is 1.60 bits per heavy atom. The summed E-state index contributed by atoms with van der Waals surface area (Å²) in [6.45, 7) is 4.91. The average Bonchev–Trinajstić information content (AvgIpc) is 2.66. The predicted octanol–water partition coefficient (Wildman–Crippen LogP) is 0.655. The van der Waals surface area contributed by atoms with Crippen LogP contribution in [0.15, 0.2) is 0 Å². The largest absolute Gasteiger partial charge is 0.381 e. The summed E-state index contributed by atoms with van der Waals surface area (Å²) in [7, 11) is 1.94. The van der Waals surface area contributed by atoms with Crippen LogP contribution in [-0.2, 0) is 9.53 Å². The fourth-order valence-corrected chi connectivity index (χ4v) is 1.68. The van der Waals surface area contributed by atoms with Crippen LogP contribution in [0.4, 0.5) is 0 Å². The molecule has 1 unspecified atom stereocenters. The van der Waals surface area contributed by atoms with Gasteiger partial charge < -0.3 is 15.0 Å². The highest BCUT2D eigenvalue weighted by molar-refractivity contribution is 5.85. The lowest BCUT2D eigenvalue weighted by Gasteiger charge is -2.16. The maximum absolute atomic E-state index is 11.6. The molecule has 0 aromatic carbocycles. The third-order valence-corrected chi connectivity index (χ3v) is 2.61. The molecule has 4 nitrogen and oxygen atoms in total. The van der Waals surface area contributed by atoms with Gasteiger partial charge in [-0.1, -0.05) is 0 Å². The summed E-state index contributed by atoms with van der Waals surface area (Å²) in [6.07, 6.45) is 1.58. The zero-order valence-electron chi connectivity index (χ0n) is 9.49. The van der Waals surface area contributed by atoms with Crippen LogP contribution < -0.4 is 5.32 Å². The Morgan fingerprint density at radius 2 is 2.33 bits per heavy atom. The van der Waals surface area contributed by atoms with Crippen LogP contribution in [0, 0.1) is 0 Å². The molecule has 1 fully saturated rings. The number of carbonyl (C=O) groups is 1. The van der Waals surface area contributed by atoms with Crippen LogP contribution in [-0.4, -0.2) is 50.2 Å². The van der Waals surface area contributed by atoms with E-state index in [1.807, 2.05) is 18.9 Å². The topological polar surface area (TPSA) is 41.6 Å². The zero-order valence-corrected chi connectivity index (χ0v) is 10.3. The summed E-state index contributed by atoms with van der Waals surface area (Å²) in [4.78, 5) is 13.5. The Hall–Kier alpha value is -0.320. The number of hydrogen-bond donors (Lipinski definition) is 1. The van der Waals surface area contributed by atoms with Gasteiger partial charge in [-0.05, 0) is 20.4 Å². The van der Waals surface area contributed by atoms with Gasteiger partial charge in [0.05, 0.1) is 13.0 Å². The van der Waals surface area contributed by atoms with Crippen LogP contribution in [0.5, 0.6) is 0 Å². The molecule has 1 amide bonds. The summed E-state index contributed by atoms with van der Waals surface area (Å²) in [6, 6.07) is 0.478. The second-order valence-corrected chi connectivity index (χ2v) is 3.56. The van der Waals surface area contributed by atoms with Crippen LogP contribution in [0.3, 0.4) is 0 Å². The molecule has 1 rings (SSSR count). The maximum Gasteiger partial charge on any atom is 0.224 e. The Balaban J connectivity index is 0.00000196. The monoisotopic (exact) mass is 236 g/mol.